The number of rotatable bonds is 6. The smallest absolute Gasteiger partial charge is 0.158 e. The van der Waals surface area contributed by atoms with E-state index in [0.717, 1.165) is 79.3 Å². The molecule has 6 nitrogen and oxygen atoms in total. The first-order chi connectivity index (χ1) is 13.2. The van der Waals surface area contributed by atoms with Crippen LogP contribution in [0.2, 0.25) is 5.02 Å². The highest BCUT2D eigenvalue weighted by Gasteiger charge is 2.11. The van der Waals surface area contributed by atoms with Gasteiger partial charge in [0.2, 0.25) is 0 Å². The van der Waals surface area contributed by atoms with Gasteiger partial charge in [-0.3, -0.25) is 4.90 Å². The number of aryl methyl sites for hydroxylation is 1. The van der Waals surface area contributed by atoms with Gasteiger partial charge in [0.1, 0.15) is 5.82 Å². The topological polar surface area (TPSA) is 54.7 Å². The number of fused-ring (bicyclic) bond motifs is 1. The van der Waals surface area contributed by atoms with Crippen molar-refractivity contribution in [3.8, 4) is 11.3 Å². The molecule has 3 heterocycles. The average molecular weight is 386 g/mol. The molecule has 1 aliphatic rings. The minimum Gasteiger partial charge on any atom is -0.379 e. The molecule has 0 saturated carbocycles. The Morgan fingerprint density at radius 3 is 2.70 bits per heavy atom. The molecule has 4 rings (SSSR count). The van der Waals surface area contributed by atoms with Crippen molar-refractivity contribution in [1.29, 1.82) is 0 Å². The van der Waals surface area contributed by atoms with Crippen molar-refractivity contribution < 1.29 is 4.74 Å². The van der Waals surface area contributed by atoms with E-state index in [1.807, 2.05) is 47.8 Å². The molecule has 0 aliphatic carbocycles. The molecule has 1 aliphatic heterocycles. The summed E-state index contributed by atoms with van der Waals surface area (Å²) in [6.45, 7) is 7.74. The number of nitrogens with one attached hydrogen (secondary N) is 1. The van der Waals surface area contributed by atoms with E-state index in [9.17, 15) is 0 Å². The van der Waals surface area contributed by atoms with Crippen LogP contribution in [0.3, 0.4) is 0 Å². The van der Waals surface area contributed by atoms with Gasteiger partial charge in [-0.25, -0.2) is 4.98 Å². The maximum Gasteiger partial charge on any atom is 0.158 e. The molecule has 2 aromatic heterocycles. The lowest BCUT2D eigenvalue weighted by Crippen LogP contribution is -2.37. The van der Waals surface area contributed by atoms with Crippen molar-refractivity contribution >= 4 is 23.1 Å². The van der Waals surface area contributed by atoms with Crippen LogP contribution < -0.4 is 5.32 Å². The molecular formula is C20H24ClN5O. The van der Waals surface area contributed by atoms with E-state index in [2.05, 4.69) is 15.2 Å². The first-order valence-electron chi connectivity index (χ1n) is 9.36. The SMILES string of the molecule is Cc1cc(NCCCN2CCOCC2)n2nc(-c3ccc(Cl)cc3)cc2n1. The molecule has 7 heteroatoms. The molecule has 27 heavy (non-hydrogen) atoms. The van der Waals surface area contributed by atoms with Crippen LogP contribution in [0.1, 0.15) is 12.1 Å². The summed E-state index contributed by atoms with van der Waals surface area (Å²) in [5, 5.41) is 8.99. The van der Waals surface area contributed by atoms with Gasteiger partial charge in [0.15, 0.2) is 5.65 Å². The fourth-order valence-electron chi connectivity index (χ4n) is 3.33. The minimum absolute atomic E-state index is 0.721. The monoisotopic (exact) mass is 385 g/mol. The number of morpholine rings is 1. The molecule has 3 aromatic rings. The maximum absolute atomic E-state index is 5.99. The summed E-state index contributed by atoms with van der Waals surface area (Å²) in [7, 11) is 0. The Labute approximate surface area is 164 Å². The number of halogens is 1. The third kappa shape index (κ3) is 4.40. The van der Waals surface area contributed by atoms with Crippen LogP contribution in [0.4, 0.5) is 5.82 Å². The lowest BCUT2D eigenvalue weighted by atomic mass is 10.2. The molecular weight excluding hydrogens is 362 g/mol. The second-order valence-corrected chi connectivity index (χ2v) is 7.26. The van der Waals surface area contributed by atoms with Crippen molar-refractivity contribution in [3.63, 3.8) is 0 Å². The molecule has 1 aromatic carbocycles. The Hall–Kier alpha value is -2.15. The summed E-state index contributed by atoms with van der Waals surface area (Å²) in [6, 6.07) is 11.8. The first kappa shape index (κ1) is 18.2. The lowest BCUT2D eigenvalue weighted by molar-refractivity contribution is 0.0378. The van der Waals surface area contributed by atoms with Crippen molar-refractivity contribution in [2.24, 2.45) is 0 Å². The van der Waals surface area contributed by atoms with Crippen LogP contribution in [0.25, 0.3) is 16.9 Å². The third-order valence-corrected chi connectivity index (χ3v) is 5.01. The standard InChI is InChI=1S/C20H24ClN5O/c1-15-13-19(22-7-2-8-25-9-11-27-12-10-25)26-20(23-15)14-18(24-26)16-3-5-17(21)6-4-16/h3-6,13-14,22H,2,7-12H2,1H3. The third-order valence-electron chi connectivity index (χ3n) is 4.76. The molecule has 0 spiro atoms. The molecule has 0 amide bonds. The Balaban J connectivity index is 1.47. The van der Waals surface area contributed by atoms with E-state index >= 15 is 0 Å². The van der Waals surface area contributed by atoms with Crippen LogP contribution in [0.15, 0.2) is 36.4 Å². The molecule has 142 valence electrons. The van der Waals surface area contributed by atoms with Gasteiger partial charge in [-0.2, -0.15) is 9.61 Å². The van der Waals surface area contributed by atoms with Gasteiger partial charge in [-0.15, -0.1) is 0 Å². The summed E-state index contributed by atoms with van der Waals surface area (Å²) in [4.78, 5) is 7.06. The Morgan fingerprint density at radius 1 is 1.15 bits per heavy atom. The van der Waals surface area contributed by atoms with Crippen molar-refractivity contribution in [1.82, 2.24) is 19.5 Å². The van der Waals surface area contributed by atoms with Crippen LogP contribution in [-0.2, 0) is 4.74 Å². The fourth-order valence-corrected chi connectivity index (χ4v) is 3.46. The Kier molecular flexibility index (Phi) is 5.57. The van der Waals surface area contributed by atoms with Crippen LogP contribution in [0, 0.1) is 6.92 Å². The number of aromatic nitrogens is 3. The van der Waals surface area contributed by atoms with Crippen molar-refractivity contribution in [2.45, 2.75) is 13.3 Å². The molecule has 0 unspecified atom stereocenters. The van der Waals surface area contributed by atoms with Gasteiger partial charge in [0, 0.05) is 48.0 Å². The van der Waals surface area contributed by atoms with E-state index in [1.54, 1.807) is 0 Å². The highest BCUT2D eigenvalue weighted by atomic mass is 35.5. The lowest BCUT2D eigenvalue weighted by Gasteiger charge is -2.26. The minimum atomic E-state index is 0.721. The number of hydrogen-bond donors (Lipinski definition) is 1. The van der Waals surface area contributed by atoms with Gasteiger partial charge in [0.05, 0.1) is 18.9 Å². The van der Waals surface area contributed by atoms with Gasteiger partial charge >= 0.3 is 0 Å². The zero-order valence-electron chi connectivity index (χ0n) is 15.5. The van der Waals surface area contributed by atoms with E-state index in [0.29, 0.717) is 0 Å². The summed E-state index contributed by atoms with van der Waals surface area (Å²) >= 11 is 5.99. The van der Waals surface area contributed by atoms with E-state index in [4.69, 9.17) is 21.4 Å². The zero-order valence-corrected chi connectivity index (χ0v) is 16.2. The predicted octanol–water partition coefficient (Wildman–Crippen LogP) is 3.49. The summed E-state index contributed by atoms with van der Waals surface area (Å²) in [6.07, 6.45) is 1.08. The second-order valence-electron chi connectivity index (χ2n) is 6.82. The van der Waals surface area contributed by atoms with Gasteiger partial charge < -0.3 is 10.1 Å². The molecule has 0 bridgehead atoms. The van der Waals surface area contributed by atoms with E-state index < -0.39 is 0 Å². The Morgan fingerprint density at radius 2 is 1.93 bits per heavy atom. The number of benzene rings is 1. The van der Waals surface area contributed by atoms with E-state index in [1.165, 1.54) is 0 Å². The van der Waals surface area contributed by atoms with Crippen molar-refractivity contribution in [3.05, 3.63) is 47.1 Å². The van der Waals surface area contributed by atoms with Gasteiger partial charge in [-0.1, -0.05) is 23.7 Å². The van der Waals surface area contributed by atoms with E-state index in [-0.39, 0.29) is 0 Å². The molecule has 1 saturated heterocycles. The van der Waals surface area contributed by atoms with Crippen LogP contribution in [0.5, 0.6) is 0 Å². The second kappa shape index (κ2) is 8.25. The highest BCUT2D eigenvalue weighted by molar-refractivity contribution is 6.30. The molecule has 1 N–H and O–H groups in total. The number of ether oxygens (including phenoxy) is 1. The van der Waals surface area contributed by atoms with Crippen molar-refractivity contribution in [2.75, 3.05) is 44.7 Å². The van der Waals surface area contributed by atoms with Crippen LogP contribution >= 0.6 is 11.6 Å². The zero-order chi connectivity index (χ0) is 18.6. The van der Waals surface area contributed by atoms with Gasteiger partial charge in [-0.05, 0) is 32.0 Å². The maximum atomic E-state index is 5.99. The summed E-state index contributed by atoms with van der Waals surface area (Å²) < 4.78 is 7.28. The largest absolute Gasteiger partial charge is 0.379 e. The normalized spacial score (nSPS) is 15.3. The molecule has 0 atom stereocenters. The quantitative estimate of drug-likeness (QED) is 0.658. The van der Waals surface area contributed by atoms with Gasteiger partial charge in [0.25, 0.3) is 0 Å². The predicted molar refractivity (Wildman–Crippen MR) is 109 cm³/mol. The fraction of sp³-hybridized carbons (Fsp3) is 0.400. The molecule has 1 fully saturated rings. The average Bonchev–Trinajstić information content (AvgIpc) is 3.10. The molecule has 0 radical (unpaired) electrons. The number of nitrogens with zero attached hydrogens (tertiary/aromatic N) is 4. The summed E-state index contributed by atoms with van der Waals surface area (Å²) in [5.41, 5.74) is 3.73. The Bertz CT molecular complexity index is 903. The summed E-state index contributed by atoms with van der Waals surface area (Å²) in [5.74, 6) is 0.972. The van der Waals surface area contributed by atoms with Crippen LogP contribution in [-0.4, -0.2) is 58.9 Å². The first-order valence-corrected chi connectivity index (χ1v) is 9.74. The number of hydrogen-bond acceptors (Lipinski definition) is 5. The number of anilines is 1. The highest BCUT2D eigenvalue weighted by Crippen LogP contribution is 2.23.